The fraction of sp³-hybridized carbons (Fsp3) is 0.765. The molecule has 0 saturated heterocycles. The van der Waals surface area contributed by atoms with Crippen molar-refractivity contribution < 1.29 is 0 Å². The molecule has 0 radical (unpaired) electrons. The molecule has 2 heteroatoms. The summed E-state index contributed by atoms with van der Waals surface area (Å²) in [5.41, 5.74) is 0. The van der Waals surface area contributed by atoms with Gasteiger partial charge in [0.2, 0.25) is 0 Å². The van der Waals surface area contributed by atoms with Crippen molar-refractivity contribution in [1.29, 1.82) is 0 Å². The molecular formula is C17H32S2. The Morgan fingerprint density at radius 3 is 1.89 bits per heavy atom. The first-order chi connectivity index (χ1) is 9.41. The monoisotopic (exact) mass is 300 g/mol. The molecule has 0 fully saturated rings. The molecule has 0 aliphatic carbocycles. The third kappa shape index (κ3) is 18.2. The van der Waals surface area contributed by atoms with Gasteiger partial charge in [-0.25, -0.2) is 0 Å². The summed E-state index contributed by atoms with van der Waals surface area (Å²) in [5.74, 6) is 2.63. The first-order valence-electron chi connectivity index (χ1n) is 7.97. The van der Waals surface area contributed by atoms with Gasteiger partial charge in [-0.3, -0.25) is 0 Å². The highest BCUT2D eigenvalue weighted by Crippen LogP contribution is 2.23. The second-order valence-corrected chi connectivity index (χ2v) is 7.55. The molecule has 0 aliphatic heterocycles. The summed E-state index contributed by atoms with van der Waals surface area (Å²) < 4.78 is 0. The molecule has 0 nitrogen and oxygen atoms in total. The summed E-state index contributed by atoms with van der Waals surface area (Å²) in [6.45, 7) is 4.50. The van der Waals surface area contributed by atoms with Gasteiger partial charge >= 0.3 is 0 Å². The average molecular weight is 301 g/mol. The summed E-state index contributed by atoms with van der Waals surface area (Å²) in [7, 11) is 4.08. The van der Waals surface area contributed by atoms with E-state index in [1.807, 2.05) is 21.6 Å². The lowest BCUT2D eigenvalue weighted by Crippen LogP contribution is -1.79. The third-order valence-corrected chi connectivity index (χ3v) is 5.52. The Balaban J connectivity index is 3.12. The molecular weight excluding hydrogens is 268 g/mol. The second kappa shape index (κ2) is 18.2. The molecule has 112 valence electrons. The Kier molecular flexibility index (Phi) is 18.4. The predicted molar refractivity (Wildman–Crippen MR) is 96.1 cm³/mol. The molecule has 0 N–H and O–H groups in total. The van der Waals surface area contributed by atoms with Gasteiger partial charge < -0.3 is 0 Å². The number of hydrogen-bond donors (Lipinski definition) is 0. The van der Waals surface area contributed by atoms with E-state index in [1.54, 1.807) is 0 Å². The highest BCUT2D eigenvalue weighted by molar-refractivity contribution is 8.76. The number of allylic oxidation sites excluding steroid dienone is 4. The first-order valence-corrected chi connectivity index (χ1v) is 10.5. The molecule has 0 aromatic heterocycles. The van der Waals surface area contributed by atoms with Crippen LogP contribution in [0.25, 0.3) is 0 Å². The van der Waals surface area contributed by atoms with E-state index in [2.05, 4.69) is 38.2 Å². The molecule has 0 aliphatic rings. The zero-order chi connectivity index (χ0) is 14.0. The van der Waals surface area contributed by atoms with Gasteiger partial charge in [0.05, 0.1) is 0 Å². The van der Waals surface area contributed by atoms with Crippen LogP contribution in [0.1, 0.15) is 71.6 Å². The zero-order valence-electron chi connectivity index (χ0n) is 12.9. The van der Waals surface area contributed by atoms with Crippen LogP contribution in [0.5, 0.6) is 0 Å². The second-order valence-electron chi connectivity index (χ2n) is 4.85. The van der Waals surface area contributed by atoms with E-state index in [9.17, 15) is 0 Å². The van der Waals surface area contributed by atoms with Crippen LogP contribution in [0.2, 0.25) is 0 Å². The van der Waals surface area contributed by atoms with Crippen LogP contribution in [-0.4, -0.2) is 11.5 Å². The standard InChI is InChI=1S/C17H32S2/c1-3-5-6-7-8-9-10-11-12-13-14-15-17-19-18-16-4-2/h8-11H,3-7,12-17H2,1-2H3/b9-8+,11-10+. The summed E-state index contributed by atoms with van der Waals surface area (Å²) in [4.78, 5) is 0. The van der Waals surface area contributed by atoms with Crippen LogP contribution in [0.15, 0.2) is 24.3 Å². The number of rotatable bonds is 14. The van der Waals surface area contributed by atoms with Gasteiger partial charge in [0.15, 0.2) is 0 Å². The van der Waals surface area contributed by atoms with E-state index in [-0.39, 0.29) is 0 Å². The Hall–Kier alpha value is 0.180. The lowest BCUT2D eigenvalue weighted by atomic mass is 10.2. The van der Waals surface area contributed by atoms with E-state index in [0.29, 0.717) is 0 Å². The summed E-state index contributed by atoms with van der Waals surface area (Å²) >= 11 is 0. The molecule has 0 bridgehead atoms. The normalized spacial score (nSPS) is 11.9. The molecule has 0 unspecified atom stereocenters. The summed E-state index contributed by atoms with van der Waals surface area (Å²) in [5, 5.41) is 0. The lowest BCUT2D eigenvalue weighted by Gasteiger charge is -1.99. The van der Waals surface area contributed by atoms with Crippen molar-refractivity contribution in [2.24, 2.45) is 0 Å². The molecule has 0 aromatic carbocycles. The van der Waals surface area contributed by atoms with Gasteiger partial charge in [0.25, 0.3) is 0 Å². The fourth-order valence-corrected chi connectivity index (χ4v) is 3.95. The highest BCUT2D eigenvalue weighted by atomic mass is 33.1. The maximum Gasteiger partial charge on any atom is 0.00369 e. The quantitative estimate of drug-likeness (QED) is 0.192. The Morgan fingerprint density at radius 1 is 0.632 bits per heavy atom. The van der Waals surface area contributed by atoms with Crippen molar-refractivity contribution in [3.63, 3.8) is 0 Å². The average Bonchev–Trinajstić information content (AvgIpc) is 2.43. The van der Waals surface area contributed by atoms with E-state index in [4.69, 9.17) is 0 Å². The zero-order valence-corrected chi connectivity index (χ0v) is 14.5. The smallest absolute Gasteiger partial charge is 0.00369 e. The van der Waals surface area contributed by atoms with Crippen molar-refractivity contribution in [2.75, 3.05) is 11.5 Å². The fourth-order valence-electron chi connectivity index (χ4n) is 1.66. The molecule has 0 saturated carbocycles. The molecule has 0 aromatic rings. The molecule has 0 heterocycles. The third-order valence-electron chi connectivity index (χ3n) is 2.83. The molecule has 0 atom stereocenters. The van der Waals surface area contributed by atoms with Crippen LogP contribution in [0, 0.1) is 0 Å². The predicted octanol–water partition coefficient (Wildman–Crippen LogP) is 7.03. The van der Waals surface area contributed by atoms with Gasteiger partial charge in [-0.1, -0.05) is 79.0 Å². The van der Waals surface area contributed by atoms with Crippen molar-refractivity contribution in [2.45, 2.75) is 71.6 Å². The first kappa shape index (κ1) is 19.2. The van der Waals surface area contributed by atoms with Gasteiger partial charge in [-0.15, -0.1) is 0 Å². The van der Waals surface area contributed by atoms with E-state index >= 15 is 0 Å². The van der Waals surface area contributed by atoms with Gasteiger partial charge in [0, 0.05) is 11.5 Å². The minimum Gasteiger partial charge on any atom is -0.0942 e. The number of hydrogen-bond acceptors (Lipinski definition) is 2. The maximum atomic E-state index is 2.31. The lowest BCUT2D eigenvalue weighted by molar-refractivity contribution is 0.729. The van der Waals surface area contributed by atoms with Crippen LogP contribution in [-0.2, 0) is 0 Å². The van der Waals surface area contributed by atoms with Crippen molar-refractivity contribution in [3.8, 4) is 0 Å². The molecule has 0 rings (SSSR count). The van der Waals surface area contributed by atoms with Crippen LogP contribution < -0.4 is 0 Å². The maximum absolute atomic E-state index is 2.31. The Bertz CT molecular complexity index is 209. The van der Waals surface area contributed by atoms with Gasteiger partial charge in [-0.05, 0) is 38.5 Å². The van der Waals surface area contributed by atoms with Crippen LogP contribution >= 0.6 is 21.6 Å². The minimum absolute atomic E-state index is 1.24. The van der Waals surface area contributed by atoms with Crippen molar-refractivity contribution in [3.05, 3.63) is 24.3 Å². The number of unbranched alkanes of at least 4 members (excludes halogenated alkanes) is 6. The SMILES string of the molecule is CCCCC/C=C/C=C/CCCCCSSCCC. The van der Waals surface area contributed by atoms with E-state index in [1.165, 1.54) is 69.3 Å². The van der Waals surface area contributed by atoms with Gasteiger partial charge in [-0.2, -0.15) is 0 Å². The molecule has 0 spiro atoms. The van der Waals surface area contributed by atoms with E-state index < -0.39 is 0 Å². The van der Waals surface area contributed by atoms with E-state index in [0.717, 1.165) is 0 Å². The Morgan fingerprint density at radius 2 is 1.26 bits per heavy atom. The molecule has 19 heavy (non-hydrogen) atoms. The highest BCUT2D eigenvalue weighted by Gasteiger charge is 1.90. The summed E-state index contributed by atoms with van der Waals surface area (Å²) in [6.07, 6.45) is 21.0. The van der Waals surface area contributed by atoms with Gasteiger partial charge in [0.1, 0.15) is 0 Å². The van der Waals surface area contributed by atoms with Crippen molar-refractivity contribution in [1.82, 2.24) is 0 Å². The Labute approximate surface area is 129 Å². The minimum atomic E-state index is 1.24. The topological polar surface area (TPSA) is 0 Å². The summed E-state index contributed by atoms with van der Waals surface area (Å²) in [6, 6.07) is 0. The van der Waals surface area contributed by atoms with Crippen molar-refractivity contribution >= 4 is 21.6 Å². The van der Waals surface area contributed by atoms with Crippen LogP contribution in [0.4, 0.5) is 0 Å². The molecule has 0 amide bonds. The largest absolute Gasteiger partial charge is 0.0942 e. The van der Waals surface area contributed by atoms with Crippen LogP contribution in [0.3, 0.4) is 0 Å².